The summed E-state index contributed by atoms with van der Waals surface area (Å²) in [4.78, 5) is 0. The highest BCUT2D eigenvalue weighted by Crippen LogP contribution is 2.37. The smallest absolute Gasteiger partial charge is 0.124 e. The van der Waals surface area contributed by atoms with Crippen LogP contribution in [0.3, 0.4) is 0 Å². The lowest BCUT2D eigenvalue weighted by Gasteiger charge is -2.28. The summed E-state index contributed by atoms with van der Waals surface area (Å²) in [5, 5.41) is 3.73. The van der Waals surface area contributed by atoms with Crippen molar-refractivity contribution in [1.82, 2.24) is 5.32 Å². The Hall–Kier alpha value is -2.00. The van der Waals surface area contributed by atoms with Gasteiger partial charge in [-0.3, -0.25) is 5.32 Å². The average molecular weight is 267 g/mol. The number of fused-ring (bicyclic) bond motifs is 2. The zero-order chi connectivity index (χ0) is 13.4. The van der Waals surface area contributed by atoms with Crippen LogP contribution in [0, 0.1) is 0 Å². The minimum atomic E-state index is 0.266. The lowest BCUT2D eigenvalue weighted by molar-refractivity contribution is 0.232. The molecule has 1 N–H and O–H groups in total. The van der Waals surface area contributed by atoms with Crippen LogP contribution >= 0.6 is 0 Å². The fourth-order valence-corrected chi connectivity index (χ4v) is 3.06. The molecule has 20 heavy (non-hydrogen) atoms. The Morgan fingerprint density at radius 1 is 0.800 bits per heavy atom. The van der Waals surface area contributed by atoms with Crippen molar-refractivity contribution in [3.63, 3.8) is 0 Å². The minimum Gasteiger partial charge on any atom is -0.493 e. The molecule has 2 aromatic carbocycles. The topological polar surface area (TPSA) is 30.5 Å². The summed E-state index contributed by atoms with van der Waals surface area (Å²) in [6, 6.07) is 17.2. The molecule has 2 atom stereocenters. The van der Waals surface area contributed by atoms with E-state index < -0.39 is 0 Å². The molecule has 0 aromatic heterocycles. The van der Waals surface area contributed by atoms with Crippen molar-refractivity contribution in [3.8, 4) is 11.5 Å². The first-order valence-electron chi connectivity index (χ1n) is 7.11. The van der Waals surface area contributed by atoms with E-state index in [1.54, 1.807) is 0 Å². The second kappa shape index (κ2) is 4.84. The van der Waals surface area contributed by atoms with Gasteiger partial charge in [0.1, 0.15) is 18.1 Å². The SMILES string of the molecule is c1ccc2c(c1)OCCC2NC1COc2ccccc21. The van der Waals surface area contributed by atoms with E-state index in [1.807, 2.05) is 24.3 Å². The van der Waals surface area contributed by atoms with Crippen molar-refractivity contribution in [1.29, 1.82) is 0 Å². The number of rotatable bonds is 2. The summed E-state index contributed by atoms with van der Waals surface area (Å²) >= 11 is 0. The predicted octanol–water partition coefficient (Wildman–Crippen LogP) is 3.23. The molecular formula is C17H17NO2. The van der Waals surface area contributed by atoms with Crippen LogP contribution in [0.2, 0.25) is 0 Å². The van der Waals surface area contributed by atoms with Gasteiger partial charge < -0.3 is 9.47 Å². The maximum absolute atomic E-state index is 5.75. The summed E-state index contributed by atoms with van der Waals surface area (Å²) in [5.41, 5.74) is 2.51. The molecule has 0 spiro atoms. The van der Waals surface area contributed by atoms with Crippen LogP contribution in [0.4, 0.5) is 0 Å². The van der Waals surface area contributed by atoms with Crippen molar-refractivity contribution < 1.29 is 9.47 Å². The lowest BCUT2D eigenvalue weighted by Crippen LogP contribution is -2.31. The number of hydrogen-bond acceptors (Lipinski definition) is 3. The molecule has 102 valence electrons. The molecule has 4 rings (SSSR count). The third kappa shape index (κ3) is 1.95. The predicted molar refractivity (Wildman–Crippen MR) is 77.1 cm³/mol. The molecule has 3 heteroatoms. The van der Waals surface area contributed by atoms with Crippen LogP contribution in [0.1, 0.15) is 29.6 Å². The maximum atomic E-state index is 5.75. The molecule has 0 saturated carbocycles. The molecule has 0 bridgehead atoms. The van der Waals surface area contributed by atoms with Gasteiger partial charge in [-0.2, -0.15) is 0 Å². The van der Waals surface area contributed by atoms with Gasteiger partial charge in [0.2, 0.25) is 0 Å². The Morgan fingerprint density at radius 3 is 2.25 bits per heavy atom. The Bertz CT molecular complexity index is 626. The summed E-state index contributed by atoms with van der Waals surface area (Å²) < 4.78 is 11.5. The maximum Gasteiger partial charge on any atom is 0.124 e. The highest BCUT2D eigenvalue weighted by molar-refractivity contribution is 5.41. The highest BCUT2D eigenvalue weighted by Gasteiger charge is 2.29. The second-order valence-corrected chi connectivity index (χ2v) is 5.30. The van der Waals surface area contributed by atoms with Crippen LogP contribution in [0.5, 0.6) is 11.5 Å². The number of para-hydroxylation sites is 2. The molecule has 3 nitrogen and oxygen atoms in total. The molecule has 0 amide bonds. The van der Waals surface area contributed by atoms with Gasteiger partial charge in [0.15, 0.2) is 0 Å². The largest absolute Gasteiger partial charge is 0.493 e. The Morgan fingerprint density at radius 2 is 1.45 bits per heavy atom. The molecule has 0 radical (unpaired) electrons. The molecule has 2 aliphatic rings. The number of hydrogen-bond donors (Lipinski definition) is 1. The normalized spacial score (nSPS) is 23.4. The zero-order valence-electron chi connectivity index (χ0n) is 11.2. The van der Waals surface area contributed by atoms with E-state index in [2.05, 4.69) is 29.6 Å². The van der Waals surface area contributed by atoms with Gasteiger partial charge in [-0.15, -0.1) is 0 Å². The van der Waals surface area contributed by atoms with Gasteiger partial charge in [0.05, 0.1) is 12.6 Å². The molecule has 2 unspecified atom stereocenters. The minimum absolute atomic E-state index is 0.266. The van der Waals surface area contributed by atoms with Crippen LogP contribution in [0.25, 0.3) is 0 Å². The molecule has 0 fully saturated rings. The van der Waals surface area contributed by atoms with E-state index in [9.17, 15) is 0 Å². The van der Waals surface area contributed by atoms with Crippen LogP contribution in [0.15, 0.2) is 48.5 Å². The standard InChI is InChI=1S/C17H17NO2/c1-3-7-16-12(5-1)14(9-10-19-16)18-15-11-20-17-8-4-2-6-13(15)17/h1-8,14-15,18H,9-11H2. The fourth-order valence-electron chi connectivity index (χ4n) is 3.06. The van der Waals surface area contributed by atoms with E-state index in [-0.39, 0.29) is 6.04 Å². The Balaban J connectivity index is 1.59. The van der Waals surface area contributed by atoms with Gasteiger partial charge in [-0.05, 0) is 12.1 Å². The summed E-state index contributed by atoms with van der Waals surface area (Å²) in [7, 11) is 0. The number of ether oxygens (including phenoxy) is 2. The number of benzene rings is 2. The van der Waals surface area contributed by atoms with E-state index in [0.29, 0.717) is 12.6 Å². The lowest BCUT2D eigenvalue weighted by atomic mass is 9.98. The van der Waals surface area contributed by atoms with Gasteiger partial charge in [0, 0.05) is 23.6 Å². The van der Waals surface area contributed by atoms with Gasteiger partial charge in [-0.1, -0.05) is 36.4 Å². The van der Waals surface area contributed by atoms with Gasteiger partial charge >= 0.3 is 0 Å². The molecule has 2 heterocycles. The van der Waals surface area contributed by atoms with Crippen molar-refractivity contribution in [2.45, 2.75) is 18.5 Å². The van der Waals surface area contributed by atoms with Gasteiger partial charge in [0.25, 0.3) is 0 Å². The Labute approximate surface area is 118 Å². The summed E-state index contributed by atoms with van der Waals surface area (Å²) in [6.07, 6.45) is 0.996. The van der Waals surface area contributed by atoms with Crippen LogP contribution in [-0.2, 0) is 0 Å². The van der Waals surface area contributed by atoms with Crippen molar-refractivity contribution in [2.75, 3.05) is 13.2 Å². The highest BCUT2D eigenvalue weighted by atomic mass is 16.5. The quantitative estimate of drug-likeness (QED) is 0.906. The first kappa shape index (κ1) is 11.8. The van der Waals surface area contributed by atoms with Gasteiger partial charge in [-0.25, -0.2) is 0 Å². The molecule has 0 aliphatic carbocycles. The molecule has 0 saturated heterocycles. The first-order chi connectivity index (χ1) is 9.92. The first-order valence-corrected chi connectivity index (χ1v) is 7.11. The van der Waals surface area contributed by atoms with E-state index in [1.165, 1.54) is 11.1 Å². The van der Waals surface area contributed by atoms with Crippen molar-refractivity contribution in [3.05, 3.63) is 59.7 Å². The second-order valence-electron chi connectivity index (χ2n) is 5.30. The van der Waals surface area contributed by atoms with Crippen LogP contribution < -0.4 is 14.8 Å². The third-order valence-corrected chi connectivity index (χ3v) is 4.06. The summed E-state index contributed by atoms with van der Waals surface area (Å²) in [5.74, 6) is 2.01. The summed E-state index contributed by atoms with van der Waals surface area (Å²) in [6.45, 7) is 1.47. The molecular weight excluding hydrogens is 250 g/mol. The monoisotopic (exact) mass is 267 g/mol. The average Bonchev–Trinajstić information content (AvgIpc) is 2.91. The number of nitrogens with one attached hydrogen (secondary N) is 1. The molecule has 2 aliphatic heterocycles. The third-order valence-electron chi connectivity index (χ3n) is 4.06. The zero-order valence-corrected chi connectivity index (χ0v) is 11.2. The Kier molecular flexibility index (Phi) is 2.85. The van der Waals surface area contributed by atoms with Crippen molar-refractivity contribution >= 4 is 0 Å². The van der Waals surface area contributed by atoms with E-state index >= 15 is 0 Å². The fraction of sp³-hybridized carbons (Fsp3) is 0.294. The van der Waals surface area contributed by atoms with Crippen LogP contribution in [-0.4, -0.2) is 13.2 Å². The molecule has 2 aromatic rings. The van der Waals surface area contributed by atoms with E-state index in [4.69, 9.17) is 9.47 Å². The van der Waals surface area contributed by atoms with Crippen molar-refractivity contribution in [2.24, 2.45) is 0 Å². The van der Waals surface area contributed by atoms with E-state index in [0.717, 1.165) is 24.5 Å².